The number of Topliss-reactive ketones (excluding diaryl/α,β-unsaturated/α-hetero) is 1. The fourth-order valence-electron chi connectivity index (χ4n) is 5.60. The number of benzene rings is 3. The molecule has 2 aliphatic rings. The molecule has 5 rings (SSSR count). The maximum absolute atomic E-state index is 14.5. The average Bonchev–Trinajstić information content (AvgIpc) is 3.10. The van der Waals surface area contributed by atoms with Crippen molar-refractivity contribution < 1.29 is 28.2 Å². The number of hydrogen-bond acceptors (Lipinski definition) is 6. The number of ketones is 1. The summed E-state index contributed by atoms with van der Waals surface area (Å²) in [6.45, 7) is 1.78. The first-order valence-corrected chi connectivity index (χ1v) is 12.9. The number of fused-ring (bicyclic) bond motifs is 1. The standard InChI is InChI=1S/C31H31FN2O5/c1-5-28(36)34-24-12-7-6-11-22(24)33-23-14-19(20-16-26(37-2)31(39-4)27(17-20)38-3)15-25(35)29(23)30(34)18-9-8-10-21(32)13-18/h6-13,16-17,19,30,33H,5,14-15H2,1-4H3/t19-,30+/m0/s1. The number of nitrogens with zero attached hydrogens (tertiary/aromatic N) is 1. The zero-order chi connectivity index (χ0) is 27.7. The summed E-state index contributed by atoms with van der Waals surface area (Å²) in [7, 11) is 4.66. The Bertz CT molecular complexity index is 1440. The predicted molar refractivity (Wildman–Crippen MR) is 147 cm³/mol. The zero-order valence-corrected chi connectivity index (χ0v) is 22.4. The van der Waals surface area contributed by atoms with Crippen molar-refractivity contribution >= 4 is 23.1 Å². The van der Waals surface area contributed by atoms with Crippen molar-refractivity contribution in [2.45, 2.75) is 38.1 Å². The molecule has 202 valence electrons. The van der Waals surface area contributed by atoms with Gasteiger partial charge in [0.05, 0.1) is 38.7 Å². The van der Waals surface area contributed by atoms with Crippen molar-refractivity contribution in [1.29, 1.82) is 0 Å². The molecule has 1 aliphatic heterocycles. The molecule has 1 aliphatic carbocycles. The number of nitrogens with one attached hydrogen (secondary N) is 1. The molecule has 0 saturated heterocycles. The van der Waals surface area contributed by atoms with Crippen molar-refractivity contribution in [3.63, 3.8) is 0 Å². The molecule has 7 nitrogen and oxygen atoms in total. The van der Waals surface area contributed by atoms with Crippen LogP contribution in [0.5, 0.6) is 17.2 Å². The van der Waals surface area contributed by atoms with Gasteiger partial charge in [-0.2, -0.15) is 0 Å². The number of carbonyl (C=O) groups excluding carboxylic acids is 2. The second-order valence-electron chi connectivity index (χ2n) is 9.60. The number of carbonyl (C=O) groups is 2. The summed E-state index contributed by atoms with van der Waals surface area (Å²) in [5.74, 6) is 0.609. The second kappa shape index (κ2) is 10.8. The number of hydrogen-bond donors (Lipinski definition) is 1. The number of halogens is 1. The quantitative estimate of drug-likeness (QED) is 0.411. The van der Waals surface area contributed by atoms with E-state index in [-0.39, 0.29) is 30.4 Å². The van der Waals surface area contributed by atoms with Gasteiger partial charge in [0.1, 0.15) is 5.82 Å². The van der Waals surface area contributed by atoms with E-state index in [1.54, 1.807) is 45.3 Å². The minimum atomic E-state index is -0.771. The monoisotopic (exact) mass is 530 g/mol. The lowest BCUT2D eigenvalue weighted by molar-refractivity contribution is -0.119. The van der Waals surface area contributed by atoms with Gasteiger partial charge in [-0.3, -0.25) is 14.5 Å². The molecule has 3 aromatic rings. The van der Waals surface area contributed by atoms with Crippen molar-refractivity contribution in [3.8, 4) is 17.2 Å². The summed E-state index contributed by atoms with van der Waals surface area (Å²) >= 11 is 0. The van der Waals surface area contributed by atoms with Crippen LogP contribution in [0, 0.1) is 5.82 Å². The number of amides is 1. The van der Waals surface area contributed by atoms with Crippen LogP contribution in [0.3, 0.4) is 0 Å². The molecule has 0 aromatic heterocycles. The Balaban J connectivity index is 1.69. The van der Waals surface area contributed by atoms with Crippen LogP contribution < -0.4 is 24.4 Å². The minimum Gasteiger partial charge on any atom is -0.493 e. The molecule has 0 fully saturated rings. The van der Waals surface area contributed by atoms with Crippen LogP contribution in [0.2, 0.25) is 0 Å². The predicted octanol–water partition coefficient (Wildman–Crippen LogP) is 6.16. The van der Waals surface area contributed by atoms with Crippen LogP contribution in [0.4, 0.5) is 15.8 Å². The highest BCUT2D eigenvalue weighted by molar-refractivity contribution is 6.06. The minimum absolute atomic E-state index is 0.113. The Hall–Kier alpha value is -4.33. The lowest BCUT2D eigenvalue weighted by atomic mass is 9.78. The molecule has 0 bridgehead atoms. The molecule has 1 heterocycles. The van der Waals surface area contributed by atoms with Crippen molar-refractivity contribution in [3.05, 3.63) is 88.9 Å². The summed E-state index contributed by atoms with van der Waals surface area (Å²) < 4.78 is 31.1. The van der Waals surface area contributed by atoms with Crippen molar-refractivity contribution in [1.82, 2.24) is 0 Å². The fourth-order valence-corrected chi connectivity index (χ4v) is 5.60. The fraction of sp³-hybridized carbons (Fsp3) is 0.290. The Morgan fingerprint density at radius 1 is 0.949 bits per heavy atom. The molecule has 39 heavy (non-hydrogen) atoms. The van der Waals surface area contributed by atoms with Gasteiger partial charge in [-0.1, -0.05) is 31.2 Å². The highest BCUT2D eigenvalue weighted by Gasteiger charge is 2.41. The van der Waals surface area contributed by atoms with E-state index in [2.05, 4.69) is 5.32 Å². The Labute approximate surface area is 227 Å². The van der Waals surface area contributed by atoms with Gasteiger partial charge in [-0.25, -0.2) is 4.39 Å². The van der Waals surface area contributed by atoms with Crippen LogP contribution >= 0.6 is 0 Å². The lowest BCUT2D eigenvalue weighted by Crippen LogP contribution is -2.38. The van der Waals surface area contributed by atoms with Gasteiger partial charge in [0.25, 0.3) is 0 Å². The summed E-state index contributed by atoms with van der Waals surface area (Å²) in [5, 5.41) is 3.48. The third-order valence-corrected chi connectivity index (χ3v) is 7.38. The molecule has 0 unspecified atom stereocenters. The molecule has 0 spiro atoms. The third-order valence-electron chi connectivity index (χ3n) is 7.38. The SMILES string of the molecule is CCC(=O)N1c2ccccc2NC2=C(C(=O)C[C@@H](c3cc(OC)c(OC)c(OC)c3)C2)[C@H]1c1cccc(F)c1. The molecular weight excluding hydrogens is 499 g/mol. The first-order chi connectivity index (χ1) is 18.9. The van der Waals surface area contributed by atoms with E-state index < -0.39 is 11.9 Å². The van der Waals surface area contributed by atoms with E-state index in [1.807, 2.05) is 36.4 Å². The van der Waals surface area contributed by atoms with Crippen LogP contribution in [0.15, 0.2) is 71.9 Å². The summed E-state index contributed by atoms with van der Waals surface area (Å²) in [5.41, 5.74) is 3.95. The summed E-state index contributed by atoms with van der Waals surface area (Å²) in [6, 6.07) is 16.6. The smallest absolute Gasteiger partial charge is 0.227 e. The van der Waals surface area contributed by atoms with Crippen LogP contribution in [0.1, 0.15) is 49.3 Å². The Morgan fingerprint density at radius 2 is 1.67 bits per heavy atom. The van der Waals surface area contributed by atoms with Gasteiger partial charge in [-0.05, 0) is 59.9 Å². The highest BCUT2D eigenvalue weighted by Crippen LogP contribution is 2.49. The second-order valence-corrected chi connectivity index (χ2v) is 9.60. The normalized spacial score (nSPS) is 18.5. The molecule has 1 N–H and O–H groups in total. The maximum atomic E-state index is 14.5. The van der Waals surface area contributed by atoms with Crippen LogP contribution in [0.25, 0.3) is 0 Å². The first-order valence-electron chi connectivity index (χ1n) is 12.9. The van der Waals surface area contributed by atoms with Crippen LogP contribution in [-0.2, 0) is 9.59 Å². The Kier molecular flexibility index (Phi) is 7.28. The van der Waals surface area contributed by atoms with Gasteiger partial charge in [0.2, 0.25) is 11.7 Å². The van der Waals surface area contributed by atoms with E-state index in [9.17, 15) is 14.0 Å². The average molecular weight is 531 g/mol. The Morgan fingerprint density at radius 3 is 2.31 bits per heavy atom. The summed E-state index contributed by atoms with van der Waals surface area (Å²) in [6.07, 6.45) is 0.925. The number of allylic oxidation sites excluding steroid dienone is 1. The van der Waals surface area contributed by atoms with E-state index in [0.717, 1.165) is 5.56 Å². The number of anilines is 2. The largest absolute Gasteiger partial charge is 0.493 e. The summed E-state index contributed by atoms with van der Waals surface area (Å²) in [4.78, 5) is 29.1. The van der Waals surface area contributed by atoms with E-state index >= 15 is 0 Å². The molecule has 0 radical (unpaired) electrons. The number of methoxy groups -OCH3 is 3. The third kappa shape index (κ3) is 4.71. The van der Waals surface area contributed by atoms with Gasteiger partial charge >= 0.3 is 0 Å². The van der Waals surface area contributed by atoms with Gasteiger partial charge in [0.15, 0.2) is 17.3 Å². The lowest BCUT2D eigenvalue weighted by Gasteiger charge is -2.35. The van der Waals surface area contributed by atoms with Crippen LogP contribution in [-0.4, -0.2) is 33.0 Å². The molecule has 2 atom stereocenters. The van der Waals surface area contributed by atoms with Gasteiger partial charge in [-0.15, -0.1) is 0 Å². The molecular formula is C31H31FN2O5. The highest BCUT2D eigenvalue weighted by atomic mass is 19.1. The van der Waals surface area contributed by atoms with Gasteiger partial charge in [0, 0.05) is 24.1 Å². The number of ether oxygens (including phenoxy) is 3. The van der Waals surface area contributed by atoms with E-state index in [4.69, 9.17) is 14.2 Å². The van der Waals surface area contributed by atoms with E-state index in [1.165, 1.54) is 12.1 Å². The number of para-hydroxylation sites is 2. The molecule has 1 amide bonds. The molecule has 0 saturated carbocycles. The molecule has 8 heteroatoms. The topological polar surface area (TPSA) is 77.1 Å². The van der Waals surface area contributed by atoms with Crippen molar-refractivity contribution in [2.24, 2.45) is 0 Å². The zero-order valence-electron chi connectivity index (χ0n) is 22.4. The first kappa shape index (κ1) is 26.3. The number of rotatable bonds is 6. The van der Waals surface area contributed by atoms with E-state index in [0.29, 0.717) is 51.9 Å². The van der Waals surface area contributed by atoms with Crippen molar-refractivity contribution in [2.75, 3.05) is 31.5 Å². The van der Waals surface area contributed by atoms with Gasteiger partial charge < -0.3 is 19.5 Å². The maximum Gasteiger partial charge on any atom is 0.227 e. The molecule has 3 aromatic carbocycles.